The first-order chi connectivity index (χ1) is 11.6. The van der Waals surface area contributed by atoms with E-state index in [9.17, 15) is 4.79 Å². The van der Waals surface area contributed by atoms with Crippen LogP contribution >= 0.6 is 0 Å². The number of nitrogens with zero attached hydrogens (tertiary/aromatic N) is 1. The Morgan fingerprint density at radius 2 is 2.17 bits per heavy atom. The summed E-state index contributed by atoms with van der Waals surface area (Å²) in [5, 5.41) is 7.21. The number of hydrogen-bond donors (Lipinski definition) is 2. The van der Waals surface area contributed by atoms with Crippen molar-refractivity contribution in [2.24, 2.45) is 11.3 Å². The third-order valence-electron chi connectivity index (χ3n) is 5.54. The van der Waals surface area contributed by atoms with Gasteiger partial charge < -0.3 is 15.4 Å². The molecule has 0 unspecified atom stereocenters. The van der Waals surface area contributed by atoms with Crippen LogP contribution in [0.15, 0.2) is 36.5 Å². The van der Waals surface area contributed by atoms with Gasteiger partial charge in [-0.15, -0.1) is 0 Å². The molecule has 2 N–H and O–H groups in total. The zero-order chi connectivity index (χ0) is 16.7. The molecule has 24 heavy (non-hydrogen) atoms. The van der Waals surface area contributed by atoms with Crippen LogP contribution in [0.5, 0.6) is 0 Å². The number of fused-ring (bicyclic) bond motifs is 2. The minimum Gasteiger partial charge on any atom is -0.377 e. The molecule has 2 aliphatic rings. The number of hydrogen-bond acceptors (Lipinski definition) is 3. The fourth-order valence-corrected chi connectivity index (χ4v) is 4.30. The molecule has 5 heteroatoms. The second-order valence-electron chi connectivity index (χ2n) is 7.36. The van der Waals surface area contributed by atoms with Gasteiger partial charge in [-0.2, -0.15) is 0 Å². The number of carbonyl (C=O) groups excluding carboxylic acids is 1. The van der Waals surface area contributed by atoms with E-state index in [1.165, 1.54) is 0 Å². The first kappa shape index (κ1) is 15.4. The Labute approximate surface area is 141 Å². The predicted molar refractivity (Wildman–Crippen MR) is 92.5 cm³/mol. The number of para-hydroxylation sites is 1. The van der Waals surface area contributed by atoms with Gasteiger partial charge in [-0.25, -0.2) is 4.79 Å². The van der Waals surface area contributed by atoms with Gasteiger partial charge in [0.1, 0.15) is 0 Å². The van der Waals surface area contributed by atoms with Gasteiger partial charge in [0.15, 0.2) is 0 Å². The quantitative estimate of drug-likeness (QED) is 0.912. The molecule has 1 aliphatic carbocycles. The molecule has 0 bridgehead atoms. The van der Waals surface area contributed by atoms with E-state index in [1.54, 1.807) is 6.20 Å². The smallest absolute Gasteiger partial charge is 0.315 e. The monoisotopic (exact) mass is 325 g/mol. The number of ether oxygens (including phenoxy) is 1. The van der Waals surface area contributed by atoms with Gasteiger partial charge in [0.25, 0.3) is 0 Å². The third kappa shape index (κ3) is 2.44. The molecule has 1 saturated carbocycles. The average molecular weight is 325 g/mol. The molecule has 2 amide bonds. The lowest BCUT2D eigenvalue weighted by atomic mass is 9.57. The summed E-state index contributed by atoms with van der Waals surface area (Å²) in [6.45, 7) is 5.61. The van der Waals surface area contributed by atoms with Crippen LogP contribution in [0.3, 0.4) is 0 Å². The highest BCUT2D eigenvalue weighted by Crippen LogP contribution is 2.52. The number of rotatable bonds is 3. The normalized spacial score (nSPS) is 27.3. The van der Waals surface area contributed by atoms with E-state index in [0.717, 1.165) is 29.5 Å². The fraction of sp³-hybridized carbons (Fsp3) is 0.474. The van der Waals surface area contributed by atoms with Crippen molar-refractivity contribution >= 4 is 16.9 Å². The molecule has 4 rings (SSSR count). The number of aromatic nitrogens is 1. The molecule has 2 aromatic rings. The summed E-state index contributed by atoms with van der Waals surface area (Å²) >= 11 is 0. The minimum absolute atomic E-state index is 0.000490. The number of pyridine rings is 1. The van der Waals surface area contributed by atoms with Crippen LogP contribution in [0.1, 0.15) is 25.8 Å². The van der Waals surface area contributed by atoms with Crippen LogP contribution in [0.25, 0.3) is 10.9 Å². The van der Waals surface area contributed by atoms with Crippen LogP contribution in [0.4, 0.5) is 4.79 Å². The molecule has 1 aromatic heterocycles. The Morgan fingerprint density at radius 1 is 1.33 bits per heavy atom. The number of carbonyl (C=O) groups is 1. The van der Waals surface area contributed by atoms with Gasteiger partial charge in [-0.3, -0.25) is 4.98 Å². The SMILES string of the molecule is CC1(C)[C@H](NC(=O)NCc2cccc3cccnc23)[C@@H]2CCO[C@@H]21. The van der Waals surface area contributed by atoms with E-state index >= 15 is 0 Å². The summed E-state index contributed by atoms with van der Waals surface area (Å²) in [5.41, 5.74) is 1.96. The first-order valence-corrected chi connectivity index (χ1v) is 8.56. The molecular formula is C19H23N3O2. The standard InChI is InChI=1S/C19H23N3O2/c1-19(2)16(14-8-10-24-17(14)19)22-18(23)21-11-13-6-3-5-12-7-4-9-20-15(12)13/h3-7,9,14,16-17H,8,10-11H2,1-2H3,(H2,21,22,23)/t14-,16+,17-/m0/s1. The summed E-state index contributed by atoms with van der Waals surface area (Å²) in [6.07, 6.45) is 3.10. The molecule has 1 aromatic carbocycles. The highest BCUT2D eigenvalue weighted by Gasteiger charge is 2.59. The van der Waals surface area contributed by atoms with E-state index in [2.05, 4.69) is 29.5 Å². The highest BCUT2D eigenvalue weighted by atomic mass is 16.5. The summed E-state index contributed by atoms with van der Waals surface area (Å²) in [5.74, 6) is 0.449. The zero-order valence-electron chi connectivity index (χ0n) is 14.1. The lowest BCUT2D eigenvalue weighted by molar-refractivity contribution is -0.108. The van der Waals surface area contributed by atoms with Gasteiger partial charge in [0.2, 0.25) is 0 Å². The molecule has 0 spiro atoms. The lowest BCUT2D eigenvalue weighted by Gasteiger charge is -2.54. The van der Waals surface area contributed by atoms with Crippen LogP contribution in [-0.2, 0) is 11.3 Å². The van der Waals surface area contributed by atoms with E-state index in [0.29, 0.717) is 12.5 Å². The summed E-state index contributed by atoms with van der Waals surface area (Å²) in [4.78, 5) is 16.8. The maximum absolute atomic E-state index is 12.3. The molecule has 1 aliphatic heterocycles. The second kappa shape index (κ2) is 5.74. The maximum atomic E-state index is 12.3. The Hall–Kier alpha value is -2.14. The van der Waals surface area contributed by atoms with Crippen LogP contribution in [0, 0.1) is 11.3 Å². The largest absolute Gasteiger partial charge is 0.377 e. The zero-order valence-corrected chi connectivity index (χ0v) is 14.1. The van der Waals surface area contributed by atoms with Crippen molar-refractivity contribution in [3.63, 3.8) is 0 Å². The van der Waals surface area contributed by atoms with Gasteiger partial charge in [0.05, 0.1) is 11.6 Å². The second-order valence-corrected chi connectivity index (χ2v) is 7.36. The molecule has 0 radical (unpaired) electrons. The summed E-state index contributed by atoms with van der Waals surface area (Å²) in [6, 6.07) is 10.0. The Bertz CT molecular complexity index is 769. The van der Waals surface area contributed by atoms with Gasteiger partial charge in [-0.05, 0) is 18.1 Å². The Kier molecular flexibility index (Phi) is 3.68. The Morgan fingerprint density at radius 3 is 3.04 bits per heavy atom. The van der Waals surface area contributed by atoms with Crippen LogP contribution in [-0.4, -0.2) is 29.8 Å². The fourth-order valence-electron chi connectivity index (χ4n) is 4.30. The van der Waals surface area contributed by atoms with Gasteiger partial charge in [0, 0.05) is 42.1 Å². The van der Waals surface area contributed by atoms with E-state index in [4.69, 9.17) is 4.74 Å². The first-order valence-electron chi connectivity index (χ1n) is 8.56. The number of amides is 2. The number of urea groups is 1. The van der Waals surface area contributed by atoms with E-state index in [-0.39, 0.29) is 23.6 Å². The highest BCUT2D eigenvalue weighted by molar-refractivity contribution is 5.82. The van der Waals surface area contributed by atoms with Crippen molar-refractivity contribution in [2.75, 3.05) is 6.61 Å². The third-order valence-corrected chi connectivity index (χ3v) is 5.54. The lowest BCUT2D eigenvalue weighted by Crippen LogP contribution is -2.67. The molecule has 126 valence electrons. The van der Waals surface area contributed by atoms with Crippen molar-refractivity contribution in [1.29, 1.82) is 0 Å². The van der Waals surface area contributed by atoms with Crippen molar-refractivity contribution in [3.05, 3.63) is 42.1 Å². The van der Waals surface area contributed by atoms with Crippen molar-refractivity contribution < 1.29 is 9.53 Å². The molecule has 2 heterocycles. The predicted octanol–water partition coefficient (Wildman–Crippen LogP) is 2.85. The molecule has 2 fully saturated rings. The van der Waals surface area contributed by atoms with Gasteiger partial charge >= 0.3 is 6.03 Å². The Balaban J connectivity index is 1.40. The molecule has 3 atom stereocenters. The summed E-state index contributed by atoms with van der Waals surface area (Å²) < 4.78 is 5.78. The van der Waals surface area contributed by atoms with Crippen LogP contribution in [0.2, 0.25) is 0 Å². The summed E-state index contributed by atoms with van der Waals surface area (Å²) in [7, 11) is 0. The van der Waals surface area contributed by atoms with Crippen molar-refractivity contribution in [2.45, 2.75) is 39.0 Å². The van der Waals surface area contributed by atoms with Crippen molar-refractivity contribution in [3.8, 4) is 0 Å². The molecular weight excluding hydrogens is 302 g/mol. The molecule has 1 saturated heterocycles. The average Bonchev–Trinajstić information content (AvgIpc) is 3.05. The minimum atomic E-state index is -0.119. The molecule has 5 nitrogen and oxygen atoms in total. The number of benzene rings is 1. The van der Waals surface area contributed by atoms with Gasteiger partial charge in [-0.1, -0.05) is 38.1 Å². The number of nitrogens with one attached hydrogen (secondary N) is 2. The topological polar surface area (TPSA) is 63.2 Å². The van der Waals surface area contributed by atoms with Crippen LogP contribution < -0.4 is 10.6 Å². The van der Waals surface area contributed by atoms with Crippen molar-refractivity contribution in [1.82, 2.24) is 15.6 Å². The maximum Gasteiger partial charge on any atom is 0.315 e. The van der Waals surface area contributed by atoms with E-state index < -0.39 is 0 Å². The van der Waals surface area contributed by atoms with E-state index in [1.807, 2.05) is 30.3 Å².